The second kappa shape index (κ2) is 4.30. The molecule has 0 aliphatic rings. The fourth-order valence-electron chi connectivity index (χ4n) is 0.959. The smallest absolute Gasteiger partial charge is 0.256 e. The lowest BCUT2D eigenvalue weighted by Crippen LogP contribution is -2.04. The van der Waals surface area contributed by atoms with Gasteiger partial charge < -0.3 is 0 Å². The summed E-state index contributed by atoms with van der Waals surface area (Å²) < 4.78 is 48.8. The van der Waals surface area contributed by atoms with Gasteiger partial charge in [0.15, 0.2) is 0 Å². The SMILES string of the molecule is O=[N+]([O-])C(F)=Cc1ccc(C(F)(F)F)cc1. The van der Waals surface area contributed by atoms with Gasteiger partial charge in [-0.1, -0.05) is 12.1 Å². The molecule has 0 saturated heterocycles. The maximum atomic E-state index is 12.5. The van der Waals surface area contributed by atoms with Crippen molar-refractivity contribution in [2.75, 3.05) is 0 Å². The van der Waals surface area contributed by atoms with E-state index < -0.39 is 22.6 Å². The number of nitro groups is 1. The summed E-state index contributed by atoms with van der Waals surface area (Å²) in [4.78, 5) is 8.65. The molecule has 0 N–H and O–H groups in total. The molecule has 16 heavy (non-hydrogen) atoms. The first-order chi connectivity index (χ1) is 7.30. The summed E-state index contributed by atoms with van der Waals surface area (Å²) in [7, 11) is 0. The minimum Gasteiger partial charge on any atom is -0.256 e. The highest BCUT2D eigenvalue weighted by atomic mass is 19.4. The van der Waals surface area contributed by atoms with Crippen LogP contribution in [0, 0.1) is 10.1 Å². The topological polar surface area (TPSA) is 43.1 Å². The lowest BCUT2D eigenvalue weighted by Gasteiger charge is -2.05. The van der Waals surface area contributed by atoms with Gasteiger partial charge in [-0.3, -0.25) is 10.1 Å². The van der Waals surface area contributed by atoms with Gasteiger partial charge in [0.2, 0.25) is 0 Å². The third-order valence-electron chi connectivity index (χ3n) is 1.70. The second-order valence-corrected chi connectivity index (χ2v) is 2.84. The van der Waals surface area contributed by atoms with E-state index in [1.54, 1.807) is 0 Å². The highest BCUT2D eigenvalue weighted by molar-refractivity contribution is 5.50. The van der Waals surface area contributed by atoms with E-state index in [2.05, 4.69) is 0 Å². The van der Waals surface area contributed by atoms with Crippen molar-refractivity contribution in [2.45, 2.75) is 6.18 Å². The largest absolute Gasteiger partial charge is 0.419 e. The molecule has 0 aliphatic carbocycles. The Morgan fingerprint density at radius 1 is 1.25 bits per heavy atom. The molecule has 0 radical (unpaired) electrons. The van der Waals surface area contributed by atoms with Gasteiger partial charge in [-0.2, -0.15) is 13.2 Å². The summed E-state index contributed by atoms with van der Waals surface area (Å²) in [5, 5.41) is 9.91. The van der Waals surface area contributed by atoms with E-state index in [1.807, 2.05) is 0 Å². The van der Waals surface area contributed by atoms with Crippen LogP contribution < -0.4 is 0 Å². The van der Waals surface area contributed by atoms with Crippen LogP contribution in [0.4, 0.5) is 17.6 Å². The molecule has 0 heterocycles. The molecule has 1 aromatic carbocycles. The molecular formula is C9H5F4NO2. The fourth-order valence-corrected chi connectivity index (χ4v) is 0.959. The monoisotopic (exact) mass is 235 g/mol. The van der Waals surface area contributed by atoms with Crippen LogP contribution in [0.2, 0.25) is 0 Å². The van der Waals surface area contributed by atoms with E-state index in [0.29, 0.717) is 6.08 Å². The van der Waals surface area contributed by atoms with Crippen molar-refractivity contribution in [3.8, 4) is 0 Å². The molecule has 0 saturated carbocycles. The quantitative estimate of drug-likeness (QED) is 0.342. The van der Waals surface area contributed by atoms with Crippen LogP contribution in [0.25, 0.3) is 6.08 Å². The van der Waals surface area contributed by atoms with E-state index in [4.69, 9.17) is 0 Å². The second-order valence-electron chi connectivity index (χ2n) is 2.84. The van der Waals surface area contributed by atoms with E-state index >= 15 is 0 Å². The van der Waals surface area contributed by atoms with Crippen LogP contribution in [-0.4, -0.2) is 4.92 Å². The molecule has 0 atom stereocenters. The van der Waals surface area contributed by atoms with Crippen LogP contribution in [-0.2, 0) is 6.18 Å². The van der Waals surface area contributed by atoms with Gasteiger partial charge in [-0.15, -0.1) is 4.39 Å². The Bertz CT molecular complexity index is 422. The molecule has 3 nitrogen and oxygen atoms in total. The van der Waals surface area contributed by atoms with Crippen LogP contribution in [0.5, 0.6) is 0 Å². The summed E-state index contributed by atoms with van der Waals surface area (Å²) >= 11 is 0. The van der Waals surface area contributed by atoms with E-state index in [0.717, 1.165) is 24.3 Å². The van der Waals surface area contributed by atoms with Crippen LogP contribution in [0.1, 0.15) is 11.1 Å². The van der Waals surface area contributed by atoms with Crippen LogP contribution in [0.3, 0.4) is 0 Å². The average molecular weight is 235 g/mol. The predicted molar refractivity (Wildman–Crippen MR) is 47.5 cm³/mol. The van der Waals surface area contributed by atoms with E-state index in [9.17, 15) is 27.7 Å². The zero-order chi connectivity index (χ0) is 12.3. The minimum atomic E-state index is -4.48. The number of halogens is 4. The fraction of sp³-hybridized carbons (Fsp3) is 0.111. The third kappa shape index (κ3) is 3.04. The van der Waals surface area contributed by atoms with Crippen molar-refractivity contribution >= 4 is 6.08 Å². The first-order valence-corrected chi connectivity index (χ1v) is 3.99. The Morgan fingerprint density at radius 3 is 2.12 bits per heavy atom. The maximum Gasteiger partial charge on any atom is 0.419 e. The van der Waals surface area contributed by atoms with Crippen molar-refractivity contribution in [1.82, 2.24) is 0 Å². The molecule has 0 aromatic heterocycles. The predicted octanol–water partition coefficient (Wildman–Crippen LogP) is 3.25. The van der Waals surface area contributed by atoms with E-state index in [-0.39, 0.29) is 5.56 Å². The van der Waals surface area contributed by atoms with Crippen molar-refractivity contribution in [3.05, 3.63) is 51.5 Å². The highest BCUT2D eigenvalue weighted by Crippen LogP contribution is 2.29. The Hall–Kier alpha value is -1.92. The van der Waals surface area contributed by atoms with Gasteiger partial charge in [0.25, 0.3) is 0 Å². The van der Waals surface area contributed by atoms with Gasteiger partial charge in [0, 0.05) is 0 Å². The molecule has 0 amide bonds. The molecule has 86 valence electrons. The standard InChI is InChI=1S/C9H5F4NO2/c10-8(14(15)16)5-6-1-3-7(4-2-6)9(11,12)13/h1-5H. The van der Waals surface area contributed by atoms with Crippen LogP contribution in [0.15, 0.2) is 30.2 Å². The Morgan fingerprint density at radius 2 is 1.75 bits per heavy atom. The van der Waals surface area contributed by atoms with E-state index in [1.165, 1.54) is 0 Å². The average Bonchev–Trinajstić information content (AvgIpc) is 2.17. The number of hydrogen-bond acceptors (Lipinski definition) is 2. The summed E-state index contributed by atoms with van der Waals surface area (Å²) in [6.45, 7) is 0. The lowest BCUT2D eigenvalue weighted by molar-refractivity contribution is -0.445. The number of rotatable bonds is 2. The molecule has 1 rings (SSSR count). The zero-order valence-electron chi connectivity index (χ0n) is 7.66. The molecule has 7 heteroatoms. The number of hydrogen-bond donors (Lipinski definition) is 0. The number of alkyl halides is 3. The van der Waals surface area contributed by atoms with Crippen LogP contribution >= 0.6 is 0 Å². The maximum absolute atomic E-state index is 12.5. The lowest BCUT2D eigenvalue weighted by atomic mass is 10.1. The summed E-state index contributed by atoms with van der Waals surface area (Å²) in [5.41, 5.74) is -0.909. The summed E-state index contributed by atoms with van der Waals surface area (Å²) in [6, 6.07) is 3.34. The molecule has 0 fully saturated rings. The summed E-state index contributed by atoms with van der Waals surface area (Å²) in [6.07, 6.45) is -3.94. The Kier molecular flexibility index (Phi) is 3.26. The van der Waals surface area contributed by atoms with Crippen molar-refractivity contribution in [3.63, 3.8) is 0 Å². The molecule has 1 aromatic rings. The van der Waals surface area contributed by atoms with Gasteiger partial charge in [0.05, 0.1) is 16.6 Å². The van der Waals surface area contributed by atoms with Gasteiger partial charge in [-0.25, -0.2) is 0 Å². The molecule has 0 unspecified atom stereocenters. The van der Waals surface area contributed by atoms with Crippen molar-refractivity contribution in [2.24, 2.45) is 0 Å². The minimum absolute atomic E-state index is 0.0119. The normalized spacial score (nSPS) is 12.6. The van der Waals surface area contributed by atoms with Gasteiger partial charge >= 0.3 is 12.1 Å². The molecular weight excluding hydrogens is 230 g/mol. The van der Waals surface area contributed by atoms with Crippen molar-refractivity contribution < 1.29 is 22.5 Å². The molecule has 0 bridgehead atoms. The first kappa shape index (κ1) is 12.2. The third-order valence-corrected chi connectivity index (χ3v) is 1.70. The Labute approximate surface area is 87.2 Å². The Balaban J connectivity index is 2.97. The first-order valence-electron chi connectivity index (χ1n) is 3.99. The number of benzene rings is 1. The van der Waals surface area contributed by atoms with Gasteiger partial charge in [0.1, 0.15) is 0 Å². The highest BCUT2D eigenvalue weighted by Gasteiger charge is 2.29. The summed E-state index contributed by atoms with van der Waals surface area (Å²) in [5.74, 6) is -1.63. The molecule has 0 spiro atoms. The van der Waals surface area contributed by atoms with Crippen molar-refractivity contribution in [1.29, 1.82) is 0 Å². The molecule has 0 aliphatic heterocycles. The zero-order valence-corrected chi connectivity index (χ0v) is 7.66. The number of nitrogens with zero attached hydrogens (tertiary/aromatic N) is 1. The van der Waals surface area contributed by atoms with Gasteiger partial charge in [-0.05, 0) is 17.7 Å².